The van der Waals surface area contributed by atoms with E-state index >= 15 is 0 Å². The van der Waals surface area contributed by atoms with E-state index in [4.69, 9.17) is 19.8 Å². The fourth-order valence-corrected chi connectivity index (χ4v) is 4.49. The lowest BCUT2D eigenvalue weighted by Crippen LogP contribution is -2.44. The third-order valence-electron chi connectivity index (χ3n) is 6.00. The van der Waals surface area contributed by atoms with Crippen molar-refractivity contribution in [1.82, 2.24) is 35.0 Å². The van der Waals surface area contributed by atoms with E-state index in [9.17, 15) is 0 Å². The second-order valence-corrected chi connectivity index (χ2v) is 8.11. The SMILES string of the molecule is CCOCCn1nc(CC)c2nc(N3C[C@H]4C[C@@H]3CN4)nc(Nc3cc(C)ncn3)c21. The zero-order valence-corrected chi connectivity index (χ0v) is 18.3. The van der Waals surface area contributed by atoms with Crippen LogP contribution in [-0.2, 0) is 17.7 Å². The Balaban J connectivity index is 1.61. The molecule has 2 aliphatic heterocycles. The molecule has 2 saturated heterocycles. The number of fused-ring (bicyclic) bond motifs is 3. The van der Waals surface area contributed by atoms with Crippen molar-refractivity contribution in [3.05, 3.63) is 23.8 Å². The van der Waals surface area contributed by atoms with Crippen molar-refractivity contribution < 1.29 is 4.74 Å². The highest BCUT2D eigenvalue weighted by Crippen LogP contribution is 2.32. The standard InChI is InChI=1S/C21H29N9O/c1-4-16-18-19(30(28-16)6-7-31-5-2)20(25-17-8-13(3)23-12-24-17)27-21(26-18)29-11-14-9-15(29)10-22-14/h8,12,14-15,22H,4-7,9-11H2,1-3H3,(H,23,24,25,26,27)/t14-,15-/m1/s1. The van der Waals surface area contributed by atoms with Crippen LogP contribution in [0.15, 0.2) is 12.4 Å². The zero-order chi connectivity index (χ0) is 21.4. The van der Waals surface area contributed by atoms with Crippen LogP contribution >= 0.6 is 0 Å². The van der Waals surface area contributed by atoms with Crippen LogP contribution in [0, 0.1) is 6.92 Å². The maximum Gasteiger partial charge on any atom is 0.228 e. The Morgan fingerprint density at radius 2 is 2.16 bits per heavy atom. The van der Waals surface area contributed by atoms with Crippen LogP contribution in [-0.4, -0.2) is 68.1 Å². The summed E-state index contributed by atoms with van der Waals surface area (Å²) in [6.45, 7) is 9.88. The van der Waals surface area contributed by atoms with Gasteiger partial charge in [0.1, 0.15) is 23.2 Å². The van der Waals surface area contributed by atoms with Gasteiger partial charge in [-0.3, -0.25) is 4.68 Å². The van der Waals surface area contributed by atoms with Crippen molar-refractivity contribution in [2.45, 2.75) is 52.2 Å². The zero-order valence-electron chi connectivity index (χ0n) is 18.3. The summed E-state index contributed by atoms with van der Waals surface area (Å²) >= 11 is 0. The highest BCUT2D eigenvalue weighted by Gasteiger charge is 2.39. The van der Waals surface area contributed by atoms with Crippen molar-refractivity contribution >= 4 is 28.6 Å². The normalized spacial score (nSPS) is 20.2. The molecule has 0 aliphatic carbocycles. The molecule has 2 fully saturated rings. The van der Waals surface area contributed by atoms with E-state index in [1.807, 2.05) is 24.6 Å². The van der Waals surface area contributed by atoms with Gasteiger partial charge in [-0.25, -0.2) is 15.0 Å². The molecule has 10 heteroatoms. The molecule has 2 N–H and O–H groups in total. The molecule has 2 atom stereocenters. The summed E-state index contributed by atoms with van der Waals surface area (Å²) in [4.78, 5) is 20.9. The molecule has 0 radical (unpaired) electrons. The highest BCUT2D eigenvalue weighted by molar-refractivity contribution is 5.90. The molecule has 3 aromatic rings. The van der Waals surface area contributed by atoms with E-state index in [0.717, 1.165) is 60.1 Å². The van der Waals surface area contributed by atoms with Gasteiger partial charge >= 0.3 is 0 Å². The van der Waals surface area contributed by atoms with Crippen LogP contribution in [0.25, 0.3) is 11.0 Å². The van der Waals surface area contributed by atoms with Crippen molar-refractivity contribution in [3.8, 4) is 0 Å². The lowest BCUT2D eigenvalue weighted by atomic mass is 10.2. The average molecular weight is 424 g/mol. The number of ether oxygens (including phenoxy) is 1. The maximum atomic E-state index is 5.58. The molecular weight excluding hydrogens is 394 g/mol. The molecular formula is C21H29N9O. The molecule has 10 nitrogen and oxygen atoms in total. The van der Waals surface area contributed by atoms with Gasteiger partial charge in [0.25, 0.3) is 0 Å². The Morgan fingerprint density at radius 3 is 2.87 bits per heavy atom. The topological polar surface area (TPSA) is 106 Å². The molecule has 5 heterocycles. The van der Waals surface area contributed by atoms with E-state index < -0.39 is 0 Å². The van der Waals surface area contributed by atoms with Gasteiger partial charge < -0.3 is 20.3 Å². The summed E-state index contributed by atoms with van der Waals surface area (Å²) in [5.74, 6) is 2.19. The predicted molar refractivity (Wildman–Crippen MR) is 119 cm³/mol. The average Bonchev–Trinajstić information content (AvgIpc) is 3.48. The monoisotopic (exact) mass is 423 g/mol. The first-order chi connectivity index (χ1) is 15.2. The number of hydrogen-bond donors (Lipinski definition) is 2. The molecule has 164 valence electrons. The number of rotatable bonds is 8. The van der Waals surface area contributed by atoms with Gasteiger partial charge in [0.15, 0.2) is 5.82 Å². The second kappa shape index (κ2) is 8.35. The first-order valence-electron chi connectivity index (χ1n) is 11.1. The van der Waals surface area contributed by atoms with Gasteiger partial charge in [-0.15, -0.1) is 0 Å². The lowest BCUT2D eigenvalue weighted by molar-refractivity contribution is 0.137. The minimum atomic E-state index is 0.440. The second-order valence-electron chi connectivity index (χ2n) is 8.11. The van der Waals surface area contributed by atoms with Gasteiger partial charge in [-0.2, -0.15) is 10.1 Å². The van der Waals surface area contributed by atoms with Crippen molar-refractivity contribution in [2.24, 2.45) is 0 Å². The Labute approximate surface area is 181 Å². The third-order valence-corrected chi connectivity index (χ3v) is 6.00. The molecule has 0 saturated carbocycles. The quantitative estimate of drug-likeness (QED) is 0.525. The fraction of sp³-hybridized carbons (Fsp3) is 0.571. The van der Waals surface area contributed by atoms with Crippen molar-refractivity contribution in [1.29, 1.82) is 0 Å². The molecule has 2 aliphatic rings. The van der Waals surface area contributed by atoms with E-state index in [1.54, 1.807) is 6.33 Å². The minimum absolute atomic E-state index is 0.440. The molecule has 0 unspecified atom stereocenters. The van der Waals surface area contributed by atoms with Gasteiger partial charge in [-0.05, 0) is 26.7 Å². The summed E-state index contributed by atoms with van der Waals surface area (Å²) < 4.78 is 7.54. The molecule has 0 spiro atoms. The first kappa shape index (κ1) is 20.1. The van der Waals surface area contributed by atoms with E-state index in [0.29, 0.717) is 37.7 Å². The number of nitrogens with one attached hydrogen (secondary N) is 2. The number of anilines is 3. The van der Waals surface area contributed by atoms with E-state index in [1.165, 1.54) is 0 Å². The lowest BCUT2D eigenvalue weighted by Gasteiger charge is -2.27. The summed E-state index contributed by atoms with van der Waals surface area (Å²) in [6, 6.07) is 2.87. The van der Waals surface area contributed by atoms with Crippen molar-refractivity contribution in [3.63, 3.8) is 0 Å². The number of piperazine rings is 1. The molecule has 5 rings (SSSR count). The summed E-state index contributed by atoms with van der Waals surface area (Å²) in [6.07, 6.45) is 3.50. The van der Waals surface area contributed by atoms with Gasteiger partial charge in [-0.1, -0.05) is 6.92 Å². The Hall–Kier alpha value is -2.85. The van der Waals surface area contributed by atoms with Gasteiger partial charge in [0.2, 0.25) is 5.95 Å². The number of aryl methyl sites for hydroxylation is 2. The molecule has 0 amide bonds. The Bertz CT molecular complexity index is 1080. The largest absolute Gasteiger partial charge is 0.380 e. The summed E-state index contributed by atoms with van der Waals surface area (Å²) in [7, 11) is 0. The predicted octanol–water partition coefficient (Wildman–Crippen LogP) is 1.82. The number of hydrogen-bond acceptors (Lipinski definition) is 9. The smallest absolute Gasteiger partial charge is 0.228 e. The third kappa shape index (κ3) is 3.81. The molecule has 31 heavy (non-hydrogen) atoms. The van der Waals surface area contributed by atoms with Crippen LogP contribution < -0.4 is 15.5 Å². The number of nitrogens with zero attached hydrogens (tertiary/aromatic N) is 7. The van der Waals surface area contributed by atoms with Crippen LogP contribution in [0.2, 0.25) is 0 Å². The summed E-state index contributed by atoms with van der Waals surface area (Å²) in [5, 5.41) is 11.8. The molecule has 3 aromatic heterocycles. The summed E-state index contributed by atoms with van der Waals surface area (Å²) in [5.41, 5.74) is 3.65. The van der Waals surface area contributed by atoms with E-state index in [2.05, 4.69) is 32.4 Å². The fourth-order valence-electron chi connectivity index (χ4n) is 4.49. The maximum absolute atomic E-state index is 5.58. The van der Waals surface area contributed by atoms with Crippen LogP contribution in [0.1, 0.15) is 31.7 Å². The first-order valence-corrected chi connectivity index (χ1v) is 11.1. The highest BCUT2D eigenvalue weighted by atomic mass is 16.5. The van der Waals surface area contributed by atoms with Crippen LogP contribution in [0.5, 0.6) is 0 Å². The van der Waals surface area contributed by atoms with E-state index in [-0.39, 0.29) is 0 Å². The number of aromatic nitrogens is 6. The van der Waals surface area contributed by atoms with Crippen LogP contribution in [0.4, 0.5) is 17.6 Å². The molecule has 0 aromatic carbocycles. The van der Waals surface area contributed by atoms with Crippen LogP contribution in [0.3, 0.4) is 0 Å². The Kier molecular flexibility index (Phi) is 5.41. The molecule has 2 bridgehead atoms. The Morgan fingerprint density at radius 1 is 1.26 bits per heavy atom. The van der Waals surface area contributed by atoms with Gasteiger partial charge in [0, 0.05) is 43.5 Å². The minimum Gasteiger partial charge on any atom is -0.380 e. The van der Waals surface area contributed by atoms with Crippen molar-refractivity contribution in [2.75, 3.05) is 36.5 Å². The van der Waals surface area contributed by atoms with Gasteiger partial charge in [0.05, 0.1) is 18.8 Å².